The second-order valence-corrected chi connectivity index (χ2v) is 8.66. The van der Waals surface area contributed by atoms with Crippen molar-refractivity contribution in [2.75, 3.05) is 6.61 Å². The Bertz CT molecular complexity index is 693. The first-order valence-electron chi connectivity index (χ1n) is 10.2. The summed E-state index contributed by atoms with van der Waals surface area (Å²) in [5.41, 5.74) is 0.282. The van der Waals surface area contributed by atoms with Gasteiger partial charge in [0.2, 0.25) is 0 Å². The molecule has 0 saturated heterocycles. The Morgan fingerprint density at radius 3 is 2.30 bits per heavy atom. The zero-order chi connectivity index (χ0) is 19.0. The maximum Gasteiger partial charge on any atom is 0.342 e. The van der Waals surface area contributed by atoms with E-state index in [-0.39, 0.29) is 11.4 Å². The fourth-order valence-corrected chi connectivity index (χ4v) is 5.82. The predicted molar refractivity (Wildman–Crippen MR) is 102 cm³/mol. The molecule has 0 aliphatic heterocycles. The quantitative estimate of drug-likeness (QED) is 0.774. The molecule has 0 aromatic heterocycles. The summed E-state index contributed by atoms with van der Waals surface area (Å²) in [5.74, 6) is 2.05. The van der Waals surface area contributed by atoms with Crippen molar-refractivity contribution in [1.29, 1.82) is 0 Å². The van der Waals surface area contributed by atoms with E-state index in [0.29, 0.717) is 17.9 Å². The number of hydrogen-bond acceptors (Lipinski definition) is 4. The van der Waals surface area contributed by atoms with Gasteiger partial charge in [-0.2, -0.15) is 0 Å². The molecule has 4 bridgehead atoms. The van der Waals surface area contributed by atoms with Crippen LogP contribution in [0.15, 0.2) is 24.3 Å². The third kappa shape index (κ3) is 3.69. The smallest absolute Gasteiger partial charge is 0.342 e. The van der Waals surface area contributed by atoms with Crippen LogP contribution >= 0.6 is 0 Å². The van der Waals surface area contributed by atoms with E-state index in [2.05, 4.69) is 5.32 Å². The number of ether oxygens (including phenoxy) is 2. The Labute approximate surface area is 160 Å². The van der Waals surface area contributed by atoms with Crippen LogP contribution in [0.1, 0.15) is 62.7 Å². The molecule has 1 aromatic rings. The van der Waals surface area contributed by atoms with Crippen LogP contribution in [0.5, 0.6) is 5.75 Å². The highest BCUT2D eigenvalue weighted by Gasteiger charge is 2.51. The van der Waals surface area contributed by atoms with Crippen LogP contribution in [-0.2, 0) is 9.53 Å². The molecule has 146 valence electrons. The van der Waals surface area contributed by atoms with Crippen LogP contribution in [0.25, 0.3) is 0 Å². The summed E-state index contributed by atoms with van der Waals surface area (Å²) in [5, 5.41) is 3.27. The third-order valence-corrected chi connectivity index (χ3v) is 6.49. The standard InChI is InChI=1S/C22H29NO4/c1-3-26-19-7-5-4-6-18(19)21(25)27-14(2)20(24)23-22-11-15-8-16(12-22)10-17(9-15)13-22/h4-7,14-17H,3,8-13H2,1-2H3,(H,23,24)/t14-,15?,16?,17?,22?/m1/s1. The molecule has 5 heteroatoms. The van der Waals surface area contributed by atoms with Crippen LogP contribution in [-0.4, -0.2) is 30.1 Å². The van der Waals surface area contributed by atoms with Gasteiger partial charge in [0.15, 0.2) is 6.10 Å². The molecule has 1 aromatic carbocycles. The highest BCUT2D eigenvalue weighted by Crippen LogP contribution is 2.55. The number of rotatable bonds is 6. The minimum Gasteiger partial charge on any atom is -0.493 e. The molecule has 27 heavy (non-hydrogen) atoms. The molecule has 4 fully saturated rings. The molecule has 1 atom stereocenters. The van der Waals surface area contributed by atoms with Crippen LogP contribution in [0.2, 0.25) is 0 Å². The molecule has 0 unspecified atom stereocenters. The average Bonchev–Trinajstić information content (AvgIpc) is 2.60. The summed E-state index contributed by atoms with van der Waals surface area (Å²) in [4.78, 5) is 25.3. The van der Waals surface area contributed by atoms with Crippen molar-refractivity contribution in [3.8, 4) is 5.75 Å². The monoisotopic (exact) mass is 371 g/mol. The maximum atomic E-state index is 12.8. The number of amides is 1. The zero-order valence-electron chi connectivity index (χ0n) is 16.2. The zero-order valence-corrected chi connectivity index (χ0v) is 16.2. The number of carbonyl (C=O) groups is 2. The van der Waals surface area contributed by atoms with Gasteiger partial charge in [-0.1, -0.05) is 12.1 Å². The molecule has 1 N–H and O–H groups in total. The van der Waals surface area contributed by atoms with E-state index < -0.39 is 12.1 Å². The molecule has 0 radical (unpaired) electrons. The molecule has 0 heterocycles. The normalized spacial score (nSPS) is 32.0. The van der Waals surface area contributed by atoms with Gasteiger partial charge in [-0.25, -0.2) is 4.79 Å². The Morgan fingerprint density at radius 1 is 1.11 bits per heavy atom. The first-order valence-corrected chi connectivity index (χ1v) is 10.2. The topological polar surface area (TPSA) is 64.6 Å². The highest BCUT2D eigenvalue weighted by molar-refractivity contribution is 5.94. The number of hydrogen-bond donors (Lipinski definition) is 1. The van der Waals surface area contributed by atoms with E-state index in [1.807, 2.05) is 13.0 Å². The summed E-state index contributed by atoms with van der Waals surface area (Å²) >= 11 is 0. The number of benzene rings is 1. The fourth-order valence-electron chi connectivity index (χ4n) is 5.82. The van der Waals surface area contributed by atoms with E-state index in [1.54, 1.807) is 25.1 Å². The van der Waals surface area contributed by atoms with Crippen molar-refractivity contribution >= 4 is 11.9 Å². The van der Waals surface area contributed by atoms with Gasteiger partial charge in [-0.3, -0.25) is 4.79 Å². The summed E-state index contributed by atoms with van der Waals surface area (Å²) in [6.45, 7) is 3.98. The Balaban J connectivity index is 1.39. The van der Waals surface area contributed by atoms with Gasteiger partial charge in [0.1, 0.15) is 11.3 Å². The van der Waals surface area contributed by atoms with E-state index in [9.17, 15) is 9.59 Å². The number of nitrogens with one attached hydrogen (secondary N) is 1. The highest BCUT2D eigenvalue weighted by atomic mass is 16.5. The van der Waals surface area contributed by atoms with Gasteiger partial charge >= 0.3 is 5.97 Å². The number of carbonyl (C=O) groups excluding carboxylic acids is 2. The van der Waals surface area contributed by atoms with Crippen molar-refractivity contribution in [3.63, 3.8) is 0 Å². The van der Waals surface area contributed by atoms with Gasteiger partial charge < -0.3 is 14.8 Å². The third-order valence-electron chi connectivity index (χ3n) is 6.49. The lowest BCUT2D eigenvalue weighted by Crippen LogP contribution is -2.61. The Morgan fingerprint density at radius 2 is 1.70 bits per heavy atom. The van der Waals surface area contributed by atoms with Gasteiger partial charge in [-0.15, -0.1) is 0 Å². The lowest BCUT2D eigenvalue weighted by molar-refractivity contribution is -0.134. The Kier molecular flexibility index (Phi) is 4.87. The van der Waals surface area contributed by atoms with Crippen LogP contribution < -0.4 is 10.1 Å². The molecule has 4 aliphatic carbocycles. The van der Waals surface area contributed by atoms with Gasteiger partial charge in [0, 0.05) is 5.54 Å². The lowest BCUT2D eigenvalue weighted by Gasteiger charge is -2.57. The SMILES string of the molecule is CCOc1ccccc1C(=O)O[C@H](C)C(=O)NC12CC3CC(CC(C3)C1)C2. The summed E-state index contributed by atoms with van der Waals surface area (Å²) in [6, 6.07) is 6.97. The van der Waals surface area contributed by atoms with Crippen molar-refractivity contribution in [3.05, 3.63) is 29.8 Å². The van der Waals surface area contributed by atoms with Crippen molar-refractivity contribution in [2.24, 2.45) is 17.8 Å². The molecule has 5 rings (SSSR count). The lowest BCUT2D eigenvalue weighted by atomic mass is 9.53. The minimum absolute atomic E-state index is 0.0737. The first-order chi connectivity index (χ1) is 13.0. The molecule has 0 spiro atoms. The Hall–Kier alpha value is -2.04. The molecule has 5 nitrogen and oxygen atoms in total. The minimum atomic E-state index is -0.819. The summed E-state index contributed by atoms with van der Waals surface area (Å²) < 4.78 is 11.0. The molecule has 4 aliphatic rings. The van der Waals surface area contributed by atoms with Crippen molar-refractivity contribution in [2.45, 2.75) is 64.0 Å². The van der Waals surface area contributed by atoms with E-state index in [1.165, 1.54) is 19.3 Å². The summed E-state index contributed by atoms with van der Waals surface area (Å²) in [6.07, 6.45) is 6.41. The van der Waals surface area contributed by atoms with Gasteiger partial charge in [-0.05, 0) is 82.3 Å². The molecule has 1 amide bonds. The molecule has 4 saturated carbocycles. The van der Waals surface area contributed by atoms with E-state index in [4.69, 9.17) is 9.47 Å². The van der Waals surface area contributed by atoms with Crippen LogP contribution in [0.3, 0.4) is 0 Å². The van der Waals surface area contributed by atoms with E-state index >= 15 is 0 Å². The van der Waals surface area contributed by atoms with Gasteiger partial charge in [0.05, 0.1) is 6.61 Å². The fraction of sp³-hybridized carbons (Fsp3) is 0.636. The van der Waals surface area contributed by atoms with Crippen molar-refractivity contribution < 1.29 is 19.1 Å². The second-order valence-electron chi connectivity index (χ2n) is 8.66. The first kappa shape index (κ1) is 18.3. The van der Waals surface area contributed by atoms with E-state index in [0.717, 1.165) is 37.0 Å². The predicted octanol–water partition coefficient (Wildman–Crippen LogP) is 3.72. The number of esters is 1. The van der Waals surface area contributed by atoms with Gasteiger partial charge in [0.25, 0.3) is 5.91 Å². The maximum absolute atomic E-state index is 12.8. The van der Waals surface area contributed by atoms with Crippen LogP contribution in [0.4, 0.5) is 0 Å². The molecular formula is C22H29NO4. The summed E-state index contributed by atoms with van der Waals surface area (Å²) in [7, 11) is 0. The second kappa shape index (κ2) is 7.17. The largest absolute Gasteiger partial charge is 0.493 e. The van der Waals surface area contributed by atoms with Crippen molar-refractivity contribution in [1.82, 2.24) is 5.32 Å². The molecular weight excluding hydrogens is 342 g/mol. The average molecular weight is 371 g/mol. The van der Waals surface area contributed by atoms with Crippen LogP contribution in [0, 0.1) is 17.8 Å². The number of para-hydroxylation sites is 1.